The number of aryl methyl sites for hydroxylation is 1. The first-order chi connectivity index (χ1) is 46.2. The summed E-state index contributed by atoms with van der Waals surface area (Å²) in [6, 6.07) is 38.5. The van der Waals surface area contributed by atoms with Crippen molar-refractivity contribution in [1.82, 2.24) is 24.6 Å². The molecule has 7 heterocycles. The average Bonchev–Trinajstić information content (AvgIpc) is 1.82. The summed E-state index contributed by atoms with van der Waals surface area (Å²) in [5, 5.41) is 38.8. The number of pyridine rings is 1. The van der Waals surface area contributed by atoms with Crippen molar-refractivity contribution in [1.29, 1.82) is 0 Å². The monoisotopic (exact) mass is 1320 g/mol. The molecule has 96 heavy (non-hydrogen) atoms. The Labute approximate surface area is 563 Å². The SMILES string of the molecule is CCCCN(C(=O)CN1C[C@H](c2ccc3c(c2)CCO3)[C@@H](C(=O)O)[C@@H]1CCc1cccc2c1OCO2)c1cccnc1.COc1ccc([C@H]2CN(C)[C@@H](C)[C@@H]2C(=O)O)cc1.COc1ccc([C@H]2CN(C)[C@@H](C)[C@@H]2C(=O)O)cc1.COc1ccc([C@H]2CN(C)[C@@H](C)[C@@H]2C(=O)O)cc1. The molecular formula is C75H94N6O15. The molecule has 4 fully saturated rings. The third-order valence-corrected chi connectivity index (χ3v) is 20.6. The summed E-state index contributed by atoms with van der Waals surface area (Å²) in [7, 11) is 10.8. The van der Waals surface area contributed by atoms with Crippen LogP contribution in [0.3, 0.4) is 0 Å². The fourth-order valence-electron chi connectivity index (χ4n) is 14.8. The molecule has 21 heteroatoms. The van der Waals surface area contributed by atoms with Crippen molar-refractivity contribution in [3.63, 3.8) is 0 Å². The van der Waals surface area contributed by atoms with E-state index in [1.54, 1.807) is 38.6 Å². The highest BCUT2D eigenvalue weighted by Crippen LogP contribution is 2.45. The highest BCUT2D eigenvalue weighted by Gasteiger charge is 2.49. The van der Waals surface area contributed by atoms with Crippen molar-refractivity contribution in [3.05, 3.63) is 167 Å². The largest absolute Gasteiger partial charge is 0.497 e. The predicted octanol–water partition coefficient (Wildman–Crippen LogP) is 10.1. The number of fused-ring (bicyclic) bond motifs is 2. The van der Waals surface area contributed by atoms with Crippen LogP contribution in [-0.4, -0.2) is 194 Å². The molecule has 1 amide bonds. The number of carbonyl (C=O) groups is 5. The zero-order valence-corrected chi connectivity index (χ0v) is 56.8. The van der Waals surface area contributed by atoms with Gasteiger partial charge in [0.05, 0.1) is 70.0 Å². The van der Waals surface area contributed by atoms with Gasteiger partial charge in [-0.1, -0.05) is 74.0 Å². The Kier molecular flexibility index (Phi) is 24.4. The van der Waals surface area contributed by atoms with Crippen LogP contribution in [0.15, 0.2) is 134 Å². The number of carboxylic acids is 4. The minimum absolute atomic E-state index is 0.0495. The van der Waals surface area contributed by atoms with Gasteiger partial charge in [0, 0.05) is 93.2 Å². The highest BCUT2D eigenvalue weighted by atomic mass is 16.7. The molecule has 6 aliphatic rings. The van der Waals surface area contributed by atoms with Gasteiger partial charge in [-0.25, -0.2) is 0 Å². The quantitative estimate of drug-likeness (QED) is 0.0555. The highest BCUT2D eigenvalue weighted by molar-refractivity contribution is 5.94. The van der Waals surface area contributed by atoms with Gasteiger partial charge in [-0.2, -0.15) is 0 Å². The summed E-state index contributed by atoms with van der Waals surface area (Å²) in [5.74, 6) is -0.154. The normalized spacial score (nSPS) is 25.0. The van der Waals surface area contributed by atoms with Gasteiger partial charge in [0.2, 0.25) is 12.7 Å². The number of likely N-dealkylation sites (tertiary alicyclic amines) is 4. The lowest BCUT2D eigenvalue weighted by Crippen LogP contribution is -2.44. The van der Waals surface area contributed by atoms with Gasteiger partial charge in [-0.3, -0.25) is 33.9 Å². The van der Waals surface area contributed by atoms with E-state index in [2.05, 4.69) is 37.6 Å². The maximum absolute atomic E-state index is 13.9. The number of ether oxygens (including phenoxy) is 6. The maximum atomic E-state index is 13.9. The lowest BCUT2D eigenvalue weighted by atomic mass is 9.83. The number of hydrogen-bond acceptors (Lipinski definition) is 16. The van der Waals surface area contributed by atoms with Crippen LogP contribution >= 0.6 is 0 Å². The fourth-order valence-corrected chi connectivity index (χ4v) is 14.8. The first-order valence-electron chi connectivity index (χ1n) is 33.2. The van der Waals surface area contributed by atoms with E-state index in [4.69, 9.17) is 28.4 Å². The minimum Gasteiger partial charge on any atom is -0.497 e. The maximum Gasteiger partial charge on any atom is 0.308 e. The lowest BCUT2D eigenvalue weighted by molar-refractivity contribution is -0.144. The number of carboxylic acid groups (broad SMARTS) is 4. The summed E-state index contributed by atoms with van der Waals surface area (Å²) >= 11 is 0. The molecule has 4 saturated heterocycles. The molecule has 12 atom stereocenters. The molecule has 0 aliphatic carbocycles. The van der Waals surface area contributed by atoms with Gasteiger partial charge in [-0.05, 0) is 155 Å². The van der Waals surface area contributed by atoms with Gasteiger partial charge in [0.25, 0.3) is 0 Å². The van der Waals surface area contributed by atoms with E-state index in [1.165, 1.54) is 0 Å². The Morgan fingerprint density at radius 1 is 0.562 bits per heavy atom. The van der Waals surface area contributed by atoms with Gasteiger partial charge < -0.3 is 68.4 Å². The molecular weight excluding hydrogens is 1220 g/mol. The number of methoxy groups -OCH3 is 3. The molecule has 0 saturated carbocycles. The van der Waals surface area contributed by atoms with E-state index < -0.39 is 29.8 Å². The molecule has 12 rings (SSSR count). The van der Waals surface area contributed by atoms with Crippen LogP contribution in [0.5, 0.6) is 34.5 Å². The van der Waals surface area contributed by atoms with Gasteiger partial charge in [0.1, 0.15) is 23.0 Å². The summed E-state index contributed by atoms with van der Waals surface area (Å²) in [5.41, 5.74) is 7.05. The second kappa shape index (κ2) is 32.8. The Hall–Kier alpha value is -8.76. The number of rotatable bonds is 20. The molecule has 0 radical (unpaired) electrons. The number of para-hydroxylation sites is 1. The van der Waals surface area contributed by atoms with Crippen molar-refractivity contribution in [2.75, 3.05) is 100 Å². The van der Waals surface area contributed by atoms with Crippen molar-refractivity contribution < 1.29 is 72.8 Å². The van der Waals surface area contributed by atoms with Crippen molar-refractivity contribution in [2.45, 2.75) is 108 Å². The second-order valence-corrected chi connectivity index (χ2v) is 26.0. The number of carbonyl (C=O) groups excluding carboxylic acids is 1. The summed E-state index contributed by atoms with van der Waals surface area (Å²) < 4.78 is 32.4. The topological polar surface area (TPSA) is 251 Å². The van der Waals surface area contributed by atoms with E-state index >= 15 is 0 Å². The molecule has 0 spiro atoms. The van der Waals surface area contributed by atoms with Gasteiger partial charge >= 0.3 is 23.9 Å². The third-order valence-electron chi connectivity index (χ3n) is 20.6. The van der Waals surface area contributed by atoms with Gasteiger partial charge in [-0.15, -0.1) is 0 Å². The summed E-state index contributed by atoms with van der Waals surface area (Å²) in [6.45, 7) is 12.4. The van der Waals surface area contributed by atoms with E-state index in [1.807, 2.05) is 157 Å². The van der Waals surface area contributed by atoms with Crippen molar-refractivity contribution in [2.24, 2.45) is 23.7 Å². The van der Waals surface area contributed by atoms with Crippen LogP contribution < -0.4 is 33.3 Å². The Balaban J connectivity index is 0.000000167. The Morgan fingerprint density at radius 2 is 1.04 bits per heavy atom. The van der Waals surface area contributed by atoms with E-state index in [9.17, 15) is 44.4 Å². The number of anilines is 1. The smallest absolute Gasteiger partial charge is 0.308 e. The minimum atomic E-state index is -0.843. The van der Waals surface area contributed by atoms with Crippen LogP contribution in [-0.2, 0) is 36.8 Å². The molecule has 514 valence electrons. The molecule has 21 nitrogen and oxygen atoms in total. The molecule has 0 unspecified atom stereocenters. The standard InChI is InChI=1S/C33H37N3O6.3C14H19NO3/c1-2-3-15-36(25-7-5-14-34-18-25)30(37)20-35-19-26(23-10-12-28-24(17-23)13-16-40-28)31(33(38)39)27(35)11-9-22-6-4-8-29-32(22)42-21-41-29;3*1-9-13(14(16)17)12(8-15(9)2)10-4-6-11(18-3)7-5-10/h4-8,10,12,14,17-18,26-27,31H,2-3,9,11,13,15-16,19-21H2,1H3,(H,38,39);3*4-7,9,12-13H,8H2,1-3H3,(H,16,17)/t26-,27+,31-;3*9-,12+,13-/m1000/s1. The number of nitrogens with zero attached hydrogens (tertiary/aromatic N) is 6. The summed E-state index contributed by atoms with van der Waals surface area (Å²) in [4.78, 5) is 75.5. The first kappa shape index (κ1) is 71.5. The molecule has 1 aromatic heterocycles. The number of likely N-dealkylation sites (N-methyl/N-ethyl adjacent to an activating group) is 3. The Bertz CT molecular complexity index is 3380. The van der Waals surface area contributed by atoms with E-state index in [-0.39, 0.29) is 84.8 Å². The lowest BCUT2D eigenvalue weighted by Gasteiger charge is -2.29. The zero-order valence-electron chi connectivity index (χ0n) is 56.8. The predicted molar refractivity (Wildman–Crippen MR) is 364 cm³/mol. The Morgan fingerprint density at radius 3 is 1.49 bits per heavy atom. The fraction of sp³-hybridized carbons (Fsp3) is 0.467. The summed E-state index contributed by atoms with van der Waals surface area (Å²) in [6.07, 6.45) is 7.22. The van der Waals surface area contributed by atoms with Crippen LogP contribution in [0.1, 0.15) is 104 Å². The molecule has 5 aromatic carbocycles. The number of benzene rings is 5. The zero-order chi connectivity index (χ0) is 68.9. The number of hydrogen-bond donors (Lipinski definition) is 4. The number of amides is 1. The molecule has 4 N–H and O–H groups in total. The second-order valence-electron chi connectivity index (χ2n) is 26.0. The molecule has 6 aromatic rings. The average molecular weight is 1320 g/mol. The first-order valence-corrected chi connectivity index (χ1v) is 33.2. The number of aliphatic carboxylic acids is 4. The van der Waals surface area contributed by atoms with Gasteiger partial charge in [0.15, 0.2) is 11.5 Å². The number of unbranched alkanes of at least 4 members (excludes halogenated alkanes) is 1. The third kappa shape index (κ3) is 16.5. The van der Waals surface area contributed by atoms with Crippen LogP contribution in [0.4, 0.5) is 5.69 Å². The van der Waals surface area contributed by atoms with Crippen molar-refractivity contribution >= 4 is 35.5 Å². The number of aromatic nitrogens is 1. The van der Waals surface area contributed by atoms with Crippen molar-refractivity contribution in [3.8, 4) is 34.5 Å². The van der Waals surface area contributed by atoms with Crippen LogP contribution in [0.25, 0.3) is 0 Å². The molecule has 6 aliphatic heterocycles. The van der Waals surface area contributed by atoms with Crippen LogP contribution in [0, 0.1) is 23.7 Å². The molecule has 0 bridgehead atoms. The van der Waals surface area contributed by atoms with E-state index in [0.717, 1.165) is 107 Å². The van der Waals surface area contributed by atoms with Crippen LogP contribution in [0.2, 0.25) is 0 Å². The van der Waals surface area contributed by atoms with E-state index in [0.29, 0.717) is 38.3 Å².